The lowest BCUT2D eigenvalue weighted by Gasteiger charge is -2.17. The van der Waals surface area contributed by atoms with Gasteiger partial charge in [-0.1, -0.05) is 42.5 Å². The highest BCUT2D eigenvalue weighted by Gasteiger charge is 2.29. The van der Waals surface area contributed by atoms with Crippen molar-refractivity contribution in [2.45, 2.75) is 38.8 Å². The monoisotopic (exact) mass is 453 g/mol. The summed E-state index contributed by atoms with van der Waals surface area (Å²) in [5.41, 5.74) is 8.60. The lowest BCUT2D eigenvalue weighted by atomic mass is 9.92. The van der Waals surface area contributed by atoms with E-state index in [2.05, 4.69) is 41.4 Å². The number of oxazole rings is 1. The van der Waals surface area contributed by atoms with Gasteiger partial charge < -0.3 is 18.6 Å². The van der Waals surface area contributed by atoms with Crippen LogP contribution in [0.3, 0.4) is 0 Å². The summed E-state index contributed by atoms with van der Waals surface area (Å²) in [4.78, 5) is 15.7. The van der Waals surface area contributed by atoms with Gasteiger partial charge in [-0.2, -0.15) is 0 Å². The molecular formula is C28H23NO5. The van der Waals surface area contributed by atoms with E-state index in [1.54, 1.807) is 6.26 Å². The first-order valence-electron chi connectivity index (χ1n) is 11.4. The third kappa shape index (κ3) is 3.66. The summed E-state index contributed by atoms with van der Waals surface area (Å²) < 4.78 is 22.5. The average Bonchev–Trinajstić information content (AvgIpc) is 3.60. The summed E-state index contributed by atoms with van der Waals surface area (Å²) in [7, 11) is 0. The Hall–Kier alpha value is -3.90. The van der Waals surface area contributed by atoms with Crippen LogP contribution in [-0.4, -0.2) is 11.0 Å². The first-order chi connectivity index (χ1) is 16.7. The molecule has 2 atom stereocenters. The van der Waals surface area contributed by atoms with E-state index in [0.29, 0.717) is 6.61 Å². The maximum atomic E-state index is 11.3. The Balaban J connectivity index is 1.29. The van der Waals surface area contributed by atoms with Gasteiger partial charge in [0.1, 0.15) is 23.8 Å². The van der Waals surface area contributed by atoms with Crippen molar-refractivity contribution >= 4 is 5.97 Å². The molecule has 0 radical (unpaired) electrons. The van der Waals surface area contributed by atoms with Crippen LogP contribution in [0.5, 0.6) is 5.75 Å². The number of hydrogen-bond donors (Lipinski definition) is 0. The van der Waals surface area contributed by atoms with Crippen LogP contribution in [-0.2, 0) is 27.3 Å². The molecule has 0 saturated heterocycles. The Morgan fingerprint density at radius 1 is 1.00 bits per heavy atom. The molecule has 0 spiro atoms. The van der Waals surface area contributed by atoms with E-state index in [9.17, 15) is 4.79 Å². The van der Waals surface area contributed by atoms with E-state index in [0.717, 1.165) is 46.5 Å². The summed E-state index contributed by atoms with van der Waals surface area (Å²) in [6.07, 6.45) is 4.31. The Bertz CT molecular complexity index is 1360. The molecular weight excluding hydrogens is 430 g/mol. The Morgan fingerprint density at radius 3 is 2.68 bits per heavy atom. The van der Waals surface area contributed by atoms with Crippen molar-refractivity contribution in [2.24, 2.45) is 0 Å². The number of rotatable bonds is 5. The van der Waals surface area contributed by atoms with Gasteiger partial charge in [0.05, 0.1) is 6.61 Å². The second-order valence-corrected chi connectivity index (χ2v) is 8.55. The number of benzene rings is 3. The van der Waals surface area contributed by atoms with Gasteiger partial charge in [0, 0.05) is 18.1 Å². The van der Waals surface area contributed by atoms with E-state index in [-0.39, 0.29) is 12.1 Å². The molecule has 0 bridgehead atoms. The van der Waals surface area contributed by atoms with Crippen LogP contribution in [0.15, 0.2) is 77.7 Å². The molecule has 1 aliphatic carbocycles. The molecule has 0 amide bonds. The molecule has 6 heteroatoms. The van der Waals surface area contributed by atoms with Crippen LogP contribution in [0.2, 0.25) is 0 Å². The fourth-order valence-corrected chi connectivity index (χ4v) is 4.96. The van der Waals surface area contributed by atoms with E-state index >= 15 is 0 Å². The van der Waals surface area contributed by atoms with Crippen molar-refractivity contribution < 1.29 is 23.4 Å². The molecule has 2 aliphatic rings. The number of esters is 1. The minimum atomic E-state index is -0.638. The fraction of sp³-hybridized carbons (Fsp3) is 0.214. The maximum Gasteiger partial charge on any atom is 0.305 e. The molecule has 6 nitrogen and oxygen atoms in total. The molecule has 0 fully saturated rings. The zero-order valence-electron chi connectivity index (χ0n) is 18.7. The molecule has 34 heavy (non-hydrogen) atoms. The normalized spacial score (nSPS) is 18.4. The third-order valence-electron chi connectivity index (χ3n) is 6.45. The Morgan fingerprint density at radius 2 is 1.85 bits per heavy atom. The van der Waals surface area contributed by atoms with Crippen LogP contribution in [0.1, 0.15) is 48.0 Å². The number of aromatic nitrogens is 1. The van der Waals surface area contributed by atoms with Crippen LogP contribution in [0, 0.1) is 0 Å². The summed E-state index contributed by atoms with van der Waals surface area (Å²) in [5.74, 6) is 0.429. The highest BCUT2D eigenvalue weighted by atomic mass is 16.7. The third-order valence-corrected chi connectivity index (χ3v) is 6.45. The second-order valence-electron chi connectivity index (χ2n) is 8.55. The molecule has 0 unspecified atom stereocenters. The summed E-state index contributed by atoms with van der Waals surface area (Å²) in [6, 6.07) is 20.5. The summed E-state index contributed by atoms with van der Waals surface area (Å²) >= 11 is 0. The summed E-state index contributed by atoms with van der Waals surface area (Å²) in [5, 5.41) is 0. The highest BCUT2D eigenvalue weighted by molar-refractivity contribution is 5.84. The largest absolute Gasteiger partial charge is 0.486 e. The fourth-order valence-electron chi connectivity index (χ4n) is 4.96. The van der Waals surface area contributed by atoms with Crippen molar-refractivity contribution in [3.05, 3.63) is 95.6 Å². The number of carbonyl (C=O) groups is 1. The van der Waals surface area contributed by atoms with Crippen molar-refractivity contribution in [3.8, 4) is 28.1 Å². The van der Waals surface area contributed by atoms with Crippen LogP contribution in [0.4, 0.5) is 0 Å². The zero-order valence-corrected chi connectivity index (χ0v) is 18.7. The quantitative estimate of drug-likeness (QED) is 0.337. The van der Waals surface area contributed by atoms with Gasteiger partial charge in [0.15, 0.2) is 6.39 Å². The van der Waals surface area contributed by atoms with Gasteiger partial charge in [-0.05, 0) is 58.9 Å². The van der Waals surface area contributed by atoms with Crippen molar-refractivity contribution in [1.82, 2.24) is 4.98 Å². The SMILES string of the molecule is CC(=O)O[C@@H]1OCc2cc(O[C@@H]3CCc4c(-c5ccccc5-c5cocn5)cccc43)ccc21. The number of ether oxygens (including phenoxy) is 3. The lowest BCUT2D eigenvalue weighted by molar-refractivity contribution is -0.175. The molecule has 3 aromatic carbocycles. The number of nitrogens with zero attached hydrogens (tertiary/aromatic N) is 1. The topological polar surface area (TPSA) is 70.8 Å². The smallest absolute Gasteiger partial charge is 0.305 e. The number of hydrogen-bond acceptors (Lipinski definition) is 6. The van der Waals surface area contributed by atoms with Gasteiger partial charge in [0.25, 0.3) is 0 Å². The van der Waals surface area contributed by atoms with E-state index in [4.69, 9.17) is 18.6 Å². The molecule has 4 aromatic rings. The minimum Gasteiger partial charge on any atom is -0.486 e. The predicted molar refractivity (Wildman–Crippen MR) is 125 cm³/mol. The Kier molecular flexibility index (Phi) is 5.15. The first-order valence-corrected chi connectivity index (χ1v) is 11.4. The molecule has 2 heterocycles. The predicted octanol–water partition coefficient (Wildman–Crippen LogP) is 6.17. The van der Waals surface area contributed by atoms with Gasteiger partial charge in [-0.25, -0.2) is 4.98 Å². The molecule has 170 valence electrons. The molecule has 6 rings (SSSR count). The van der Waals surface area contributed by atoms with Gasteiger partial charge in [-0.15, -0.1) is 0 Å². The van der Waals surface area contributed by atoms with Crippen LogP contribution >= 0.6 is 0 Å². The summed E-state index contributed by atoms with van der Waals surface area (Å²) in [6.45, 7) is 1.78. The first kappa shape index (κ1) is 20.7. The molecule has 1 aromatic heterocycles. The van der Waals surface area contributed by atoms with Gasteiger partial charge in [0.2, 0.25) is 6.29 Å². The molecule has 0 N–H and O–H groups in total. The number of carbonyl (C=O) groups excluding carboxylic acids is 1. The van der Waals surface area contributed by atoms with Crippen molar-refractivity contribution in [1.29, 1.82) is 0 Å². The zero-order chi connectivity index (χ0) is 23.1. The van der Waals surface area contributed by atoms with E-state index in [1.807, 2.05) is 24.3 Å². The van der Waals surface area contributed by atoms with Gasteiger partial charge in [-0.3, -0.25) is 4.79 Å². The Labute approximate surface area is 197 Å². The van der Waals surface area contributed by atoms with Crippen LogP contribution in [0.25, 0.3) is 22.4 Å². The van der Waals surface area contributed by atoms with E-state index < -0.39 is 6.29 Å². The molecule has 1 aliphatic heterocycles. The van der Waals surface area contributed by atoms with Gasteiger partial charge >= 0.3 is 5.97 Å². The second kappa shape index (κ2) is 8.47. The lowest BCUT2D eigenvalue weighted by Crippen LogP contribution is -2.07. The van der Waals surface area contributed by atoms with E-state index in [1.165, 1.54) is 30.0 Å². The maximum absolute atomic E-state index is 11.3. The highest BCUT2D eigenvalue weighted by Crippen LogP contribution is 2.43. The van der Waals surface area contributed by atoms with Crippen molar-refractivity contribution in [3.63, 3.8) is 0 Å². The van der Waals surface area contributed by atoms with Crippen molar-refractivity contribution in [2.75, 3.05) is 0 Å². The standard InChI is InChI=1S/C28H23NO5/c1-17(30)33-28-20-10-9-19(13-18(20)14-32-28)34-27-12-11-23-21(7-4-8-25(23)27)22-5-2-3-6-24(22)26-15-31-16-29-26/h2-10,13,15-16,27-28H,11-12,14H2,1H3/t27-,28+/m1/s1. The number of fused-ring (bicyclic) bond motifs is 2. The molecule has 0 saturated carbocycles. The van der Waals surface area contributed by atoms with Crippen LogP contribution < -0.4 is 4.74 Å². The minimum absolute atomic E-state index is 0.0289. The average molecular weight is 453 g/mol.